The van der Waals surface area contributed by atoms with Gasteiger partial charge in [-0.1, -0.05) is 0 Å². The molecule has 0 saturated carbocycles. The number of rotatable bonds is 4. The Hall–Kier alpha value is -1.10. The summed E-state index contributed by atoms with van der Waals surface area (Å²) in [4.78, 5) is 23.8. The van der Waals surface area contributed by atoms with Crippen molar-refractivity contribution in [3.63, 3.8) is 0 Å². The number of carbonyl (C=O) groups excluding carboxylic acids is 2. The second kappa shape index (κ2) is 5.70. The number of amides is 1. The Bertz CT molecular complexity index is 235. The molecule has 0 radical (unpaired) electrons. The summed E-state index contributed by atoms with van der Waals surface area (Å²) in [6, 6.07) is 0. The molecule has 1 aliphatic heterocycles. The van der Waals surface area contributed by atoms with Crippen molar-refractivity contribution in [1.29, 1.82) is 0 Å². The molecule has 86 valence electrons. The lowest BCUT2D eigenvalue weighted by atomic mass is 9.93. The van der Waals surface area contributed by atoms with Crippen molar-refractivity contribution in [1.82, 2.24) is 4.90 Å². The molecule has 15 heavy (non-hydrogen) atoms. The summed E-state index contributed by atoms with van der Waals surface area (Å²) < 4.78 is 4.59. The number of piperidine rings is 1. The summed E-state index contributed by atoms with van der Waals surface area (Å²) in [5, 5.41) is 0. The van der Waals surface area contributed by atoms with Crippen LogP contribution in [-0.2, 0) is 14.3 Å². The smallest absolute Gasteiger partial charge is 0.319 e. The Balaban J connectivity index is 2.23. The largest absolute Gasteiger partial charge is 0.468 e. The number of hydrogen-bond acceptors (Lipinski definition) is 4. The summed E-state index contributed by atoms with van der Waals surface area (Å²) in [6.07, 6.45) is 2.33. The molecule has 0 aromatic carbocycles. The van der Waals surface area contributed by atoms with E-state index < -0.39 is 0 Å². The van der Waals surface area contributed by atoms with Crippen LogP contribution in [0.15, 0.2) is 0 Å². The van der Waals surface area contributed by atoms with Crippen molar-refractivity contribution >= 4 is 11.9 Å². The van der Waals surface area contributed by atoms with E-state index >= 15 is 0 Å². The predicted octanol–water partition coefficient (Wildman–Crippen LogP) is -0.253. The van der Waals surface area contributed by atoms with E-state index in [2.05, 4.69) is 4.74 Å². The molecule has 1 rings (SSSR count). The minimum atomic E-state index is -0.235. The van der Waals surface area contributed by atoms with Gasteiger partial charge >= 0.3 is 5.97 Å². The topological polar surface area (TPSA) is 72.6 Å². The Morgan fingerprint density at radius 2 is 2.00 bits per heavy atom. The Labute approximate surface area is 89.6 Å². The van der Waals surface area contributed by atoms with Crippen molar-refractivity contribution in [2.24, 2.45) is 11.7 Å². The number of nitrogens with two attached hydrogens (primary N) is 1. The molecule has 1 saturated heterocycles. The minimum Gasteiger partial charge on any atom is -0.468 e. The number of likely N-dealkylation sites (tertiary alicyclic amines) is 1. The lowest BCUT2D eigenvalue weighted by Gasteiger charge is -2.30. The molecule has 2 N–H and O–H groups in total. The first kappa shape index (κ1) is 12.0. The monoisotopic (exact) mass is 214 g/mol. The predicted molar refractivity (Wildman–Crippen MR) is 55.0 cm³/mol. The maximum absolute atomic E-state index is 11.0. The zero-order chi connectivity index (χ0) is 11.3. The molecule has 0 unspecified atom stereocenters. The highest BCUT2D eigenvalue weighted by Gasteiger charge is 2.21. The van der Waals surface area contributed by atoms with Gasteiger partial charge in [-0.2, -0.15) is 0 Å². The number of primary amides is 1. The van der Waals surface area contributed by atoms with Crippen LogP contribution in [0.5, 0.6) is 0 Å². The molecule has 1 heterocycles. The average Bonchev–Trinajstić information content (AvgIpc) is 2.20. The molecule has 0 atom stereocenters. The van der Waals surface area contributed by atoms with E-state index in [0.717, 1.165) is 25.9 Å². The van der Waals surface area contributed by atoms with Gasteiger partial charge in [0.1, 0.15) is 0 Å². The fourth-order valence-corrected chi connectivity index (χ4v) is 1.88. The van der Waals surface area contributed by atoms with Crippen LogP contribution in [0.3, 0.4) is 0 Å². The van der Waals surface area contributed by atoms with E-state index in [1.807, 2.05) is 4.90 Å². The maximum Gasteiger partial charge on any atom is 0.319 e. The van der Waals surface area contributed by atoms with Gasteiger partial charge in [0.15, 0.2) is 0 Å². The van der Waals surface area contributed by atoms with E-state index in [0.29, 0.717) is 18.9 Å². The molecule has 1 aliphatic rings. The molecular weight excluding hydrogens is 196 g/mol. The van der Waals surface area contributed by atoms with Crippen molar-refractivity contribution in [3.05, 3.63) is 0 Å². The summed E-state index contributed by atoms with van der Waals surface area (Å²) >= 11 is 0. The van der Waals surface area contributed by atoms with E-state index in [1.165, 1.54) is 7.11 Å². The zero-order valence-electron chi connectivity index (χ0n) is 9.07. The highest BCUT2D eigenvalue weighted by molar-refractivity contribution is 5.74. The first-order valence-electron chi connectivity index (χ1n) is 5.19. The highest BCUT2D eigenvalue weighted by atomic mass is 16.5. The van der Waals surface area contributed by atoms with Crippen molar-refractivity contribution in [2.75, 3.05) is 26.7 Å². The minimum absolute atomic E-state index is 0.205. The molecule has 0 spiro atoms. The third-order valence-corrected chi connectivity index (χ3v) is 2.78. The fourth-order valence-electron chi connectivity index (χ4n) is 1.88. The zero-order valence-corrected chi connectivity index (χ0v) is 9.07. The average molecular weight is 214 g/mol. The van der Waals surface area contributed by atoms with Crippen LogP contribution in [-0.4, -0.2) is 43.5 Å². The van der Waals surface area contributed by atoms with Crippen LogP contribution < -0.4 is 5.73 Å². The highest BCUT2D eigenvalue weighted by Crippen LogP contribution is 2.19. The van der Waals surface area contributed by atoms with Gasteiger partial charge in [0.25, 0.3) is 0 Å². The lowest BCUT2D eigenvalue weighted by molar-refractivity contribution is -0.142. The van der Waals surface area contributed by atoms with E-state index in [-0.39, 0.29) is 11.9 Å². The molecular formula is C10H18N2O3. The van der Waals surface area contributed by atoms with E-state index in [9.17, 15) is 9.59 Å². The number of carbonyl (C=O) groups is 2. The van der Waals surface area contributed by atoms with Gasteiger partial charge in [0.2, 0.25) is 5.91 Å². The van der Waals surface area contributed by atoms with Crippen LogP contribution in [0.25, 0.3) is 0 Å². The third-order valence-electron chi connectivity index (χ3n) is 2.78. The summed E-state index contributed by atoms with van der Waals surface area (Å²) in [7, 11) is 1.39. The summed E-state index contributed by atoms with van der Waals surface area (Å²) in [5.74, 6) is -0.0545. The molecule has 0 aliphatic carbocycles. The quantitative estimate of drug-likeness (QED) is 0.655. The van der Waals surface area contributed by atoms with E-state index in [1.54, 1.807) is 0 Å². The van der Waals surface area contributed by atoms with Gasteiger partial charge in [-0.15, -0.1) is 0 Å². The third kappa shape index (κ3) is 4.29. The van der Waals surface area contributed by atoms with Crippen molar-refractivity contribution < 1.29 is 14.3 Å². The number of methoxy groups -OCH3 is 1. The van der Waals surface area contributed by atoms with Gasteiger partial charge in [-0.3, -0.25) is 14.5 Å². The molecule has 5 nitrogen and oxygen atoms in total. The maximum atomic E-state index is 11.0. The Kier molecular flexibility index (Phi) is 4.55. The van der Waals surface area contributed by atoms with Crippen LogP contribution >= 0.6 is 0 Å². The van der Waals surface area contributed by atoms with Gasteiger partial charge in [-0.05, 0) is 31.8 Å². The van der Waals surface area contributed by atoms with Gasteiger partial charge < -0.3 is 10.5 Å². The molecule has 0 aromatic rings. The SMILES string of the molecule is COC(=O)CN1CCC(CC(N)=O)CC1. The lowest BCUT2D eigenvalue weighted by Crippen LogP contribution is -2.38. The standard InChI is InChI=1S/C10H18N2O3/c1-15-10(14)7-12-4-2-8(3-5-12)6-9(11)13/h8H,2-7H2,1H3,(H2,11,13). The van der Waals surface area contributed by atoms with Crippen LogP contribution in [0.4, 0.5) is 0 Å². The number of nitrogens with zero attached hydrogens (tertiary/aromatic N) is 1. The molecule has 0 bridgehead atoms. The second-order valence-electron chi connectivity index (χ2n) is 3.97. The second-order valence-corrected chi connectivity index (χ2v) is 3.97. The number of hydrogen-bond donors (Lipinski definition) is 1. The number of ether oxygens (including phenoxy) is 1. The van der Waals surface area contributed by atoms with Gasteiger partial charge in [-0.25, -0.2) is 0 Å². The normalized spacial score (nSPS) is 18.7. The number of esters is 1. The summed E-state index contributed by atoms with van der Waals surface area (Å²) in [6.45, 7) is 2.03. The van der Waals surface area contributed by atoms with Crippen LogP contribution in [0, 0.1) is 5.92 Å². The molecule has 5 heteroatoms. The van der Waals surface area contributed by atoms with Crippen LogP contribution in [0.1, 0.15) is 19.3 Å². The fraction of sp³-hybridized carbons (Fsp3) is 0.800. The molecule has 1 amide bonds. The van der Waals surface area contributed by atoms with Gasteiger partial charge in [0, 0.05) is 6.42 Å². The Morgan fingerprint density at radius 1 is 1.40 bits per heavy atom. The van der Waals surface area contributed by atoms with Crippen LogP contribution in [0.2, 0.25) is 0 Å². The van der Waals surface area contributed by atoms with E-state index in [4.69, 9.17) is 5.73 Å². The Morgan fingerprint density at radius 3 is 2.47 bits per heavy atom. The first-order valence-corrected chi connectivity index (χ1v) is 5.19. The molecule has 1 fully saturated rings. The summed E-state index contributed by atoms with van der Waals surface area (Å²) in [5.41, 5.74) is 5.13. The van der Waals surface area contributed by atoms with Gasteiger partial charge in [0.05, 0.1) is 13.7 Å². The first-order chi connectivity index (χ1) is 7.11. The molecule has 0 aromatic heterocycles. The van der Waals surface area contributed by atoms with Crippen molar-refractivity contribution in [2.45, 2.75) is 19.3 Å². The van der Waals surface area contributed by atoms with Crippen molar-refractivity contribution in [3.8, 4) is 0 Å².